The van der Waals surface area contributed by atoms with Crippen molar-refractivity contribution in [1.82, 2.24) is 4.31 Å². The molecule has 0 radical (unpaired) electrons. The normalized spacial score (nSPS) is 19.6. The summed E-state index contributed by atoms with van der Waals surface area (Å²) in [6.07, 6.45) is 0.840. The molecular weight excluding hydrogens is 430 g/mol. The van der Waals surface area contributed by atoms with Crippen molar-refractivity contribution in [2.75, 3.05) is 23.7 Å². The summed E-state index contributed by atoms with van der Waals surface area (Å²) in [5.74, 6) is -0.157. The van der Waals surface area contributed by atoms with Gasteiger partial charge in [-0.15, -0.1) is 0 Å². The van der Waals surface area contributed by atoms with E-state index < -0.39 is 16.1 Å². The van der Waals surface area contributed by atoms with Crippen LogP contribution in [-0.4, -0.2) is 43.7 Å². The highest BCUT2D eigenvalue weighted by atomic mass is 32.2. The Morgan fingerprint density at radius 1 is 1.19 bits per heavy atom. The smallest absolute Gasteiger partial charge is 0.265 e. The molecule has 0 bridgehead atoms. The van der Waals surface area contributed by atoms with Crippen molar-refractivity contribution in [3.63, 3.8) is 0 Å². The Balaban J connectivity index is 1.42. The molecule has 8 nitrogen and oxygen atoms in total. The summed E-state index contributed by atoms with van der Waals surface area (Å²) in [4.78, 5) is 24.8. The molecule has 0 saturated carbocycles. The van der Waals surface area contributed by atoms with Gasteiger partial charge in [0.15, 0.2) is 6.10 Å². The van der Waals surface area contributed by atoms with Crippen molar-refractivity contribution in [2.45, 2.75) is 44.1 Å². The summed E-state index contributed by atoms with van der Waals surface area (Å²) in [7, 11) is -3.75. The van der Waals surface area contributed by atoms with Crippen LogP contribution < -0.4 is 15.4 Å². The molecule has 2 aromatic carbocycles. The van der Waals surface area contributed by atoms with Gasteiger partial charge in [0, 0.05) is 24.7 Å². The van der Waals surface area contributed by atoms with Crippen LogP contribution in [0.1, 0.15) is 31.7 Å². The Labute approximate surface area is 188 Å². The summed E-state index contributed by atoms with van der Waals surface area (Å²) in [5, 5.41) is 5.68. The molecule has 0 aromatic heterocycles. The van der Waals surface area contributed by atoms with Crippen molar-refractivity contribution in [2.24, 2.45) is 5.92 Å². The number of rotatable bonds is 5. The first-order chi connectivity index (χ1) is 15.3. The zero-order chi connectivity index (χ0) is 22.9. The maximum absolute atomic E-state index is 13.2. The monoisotopic (exact) mass is 457 g/mol. The molecule has 1 unspecified atom stereocenters. The van der Waals surface area contributed by atoms with Crippen molar-refractivity contribution in [1.29, 1.82) is 0 Å². The van der Waals surface area contributed by atoms with Crippen molar-refractivity contribution < 1.29 is 22.7 Å². The molecule has 4 rings (SSSR count). The Morgan fingerprint density at radius 2 is 1.91 bits per heavy atom. The summed E-state index contributed by atoms with van der Waals surface area (Å²) in [6.45, 7) is 4.29. The lowest BCUT2D eigenvalue weighted by Gasteiger charge is -2.31. The molecule has 170 valence electrons. The SMILES string of the molecule is CCC1Oc2ccc(S(=O)(=O)N3CCC(C(=O)Nc4ccccc4C)CC3)cc2NC1=O. The lowest BCUT2D eigenvalue weighted by atomic mass is 9.97. The van der Waals surface area contributed by atoms with E-state index in [9.17, 15) is 18.0 Å². The maximum Gasteiger partial charge on any atom is 0.265 e. The number of hydrogen-bond donors (Lipinski definition) is 2. The first-order valence-electron chi connectivity index (χ1n) is 10.8. The van der Waals surface area contributed by atoms with Crippen molar-refractivity contribution >= 4 is 33.2 Å². The lowest BCUT2D eigenvalue weighted by molar-refractivity contribution is -0.123. The first kappa shape index (κ1) is 22.3. The van der Waals surface area contributed by atoms with E-state index >= 15 is 0 Å². The standard InChI is InChI=1S/C23H27N3O5S/c1-3-20-23(28)25-19-14-17(8-9-21(19)31-20)32(29,30)26-12-10-16(11-13-26)22(27)24-18-7-5-4-6-15(18)2/h4-9,14,16,20H,3,10-13H2,1-2H3,(H,24,27)(H,25,28). The van der Waals surface area contributed by atoms with E-state index in [0.29, 0.717) is 30.7 Å². The zero-order valence-corrected chi connectivity index (χ0v) is 18.9. The fraction of sp³-hybridized carbons (Fsp3) is 0.391. The Bertz CT molecular complexity index is 1140. The van der Waals surface area contributed by atoms with Crippen LogP contribution in [0.2, 0.25) is 0 Å². The van der Waals surface area contributed by atoms with E-state index in [1.807, 2.05) is 38.1 Å². The van der Waals surface area contributed by atoms with Gasteiger partial charge in [0.05, 0.1) is 10.6 Å². The molecule has 2 aromatic rings. The van der Waals surface area contributed by atoms with Crippen molar-refractivity contribution in [3.8, 4) is 5.75 Å². The maximum atomic E-state index is 13.2. The second kappa shape index (κ2) is 8.91. The van der Waals surface area contributed by atoms with Gasteiger partial charge in [0.25, 0.3) is 5.91 Å². The molecule has 2 heterocycles. The highest BCUT2D eigenvalue weighted by Crippen LogP contribution is 2.34. The summed E-state index contributed by atoms with van der Waals surface area (Å²) in [6, 6.07) is 12.1. The number of piperidine rings is 1. The van der Waals surface area contributed by atoms with Gasteiger partial charge in [-0.05, 0) is 56.0 Å². The molecular formula is C23H27N3O5S. The number of nitrogens with zero attached hydrogens (tertiary/aromatic N) is 1. The third-order valence-electron chi connectivity index (χ3n) is 6.01. The van der Waals surface area contributed by atoms with E-state index in [1.165, 1.54) is 16.4 Å². The second-order valence-corrected chi connectivity index (χ2v) is 10.1. The average Bonchev–Trinajstić information content (AvgIpc) is 2.79. The summed E-state index contributed by atoms with van der Waals surface area (Å²) >= 11 is 0. The van der Waals surface area contributed by atoms with Crippen LogP contribution in [0.5, 0.6) is 5.75 Å². The molecule has 2 aliphatic heterocycles. The molecule has 9 heteroatoms. The number of carbonyl (C=O) groups is 2. The Kier molecular flexibility index (Phi) is 6.21. The minimum atomic E-state index is -3.75. The van der Waals surface area contributed by atoms with E-state index in [-0.39, 0.29) is 35.7 Å². The average molecular weight is 458 g/mol. The van der Waals surface area contributed by atoms with Gasteiger partial charge in [0.2, 0.25) is 15.9 Å². The molecule has 0 aliphatic carbocycles. The molecule has 1 saturated heterocycles. The van der Waals surface area contributed by atoms with Crippen LogP contribution in [0.3, 0.4) is 0 Å². The minimum absolute atomic E-state index is 0.0875. The number of anilines is 2. The van der Waals surface area contributed by atoms with Gasteiger partial charge < -0.3 is 15.4 Å². The van der Waals surface area contributed by atoms with E-state index in [2.05, 4.69) is 10.6 Å². The topological polar surface area (TPSA) is 105 Å². The van der Waals surface area contributed by atoms with Crippen molar-refractivity contribution in [3.05, 3.63) is 48.0 Å². The van der Waals surface area contributed by atoms with Crippen LogP contribution in [0.15, 0.2) is 47.4 Å². The molecule has 0 spiro atoms. The fourth-order valence-corrected chi connectivity index (χ4v) is 5.51. The van der Waals surface area contributed by atoms with E-state index in [0.717, 1.165) is 11.3 Å². The van der Waals surface area contributed by atoms with Gasteiger partial charge >= 0.3 is 0 Å². The van der Waals surface area contributed by atoms with Crippen LogP contribution in [0, 0.1) is 12.8 Å². The number of sulfonamides is 1. The van der Waals surface area contributed by atoms with Gasteiger partial charge in [0.1, 0.15) is 5.75 Å². The van der Waals surface area contributed by atoms with Crippen LogP contribution in [0.4, 0.5) is 11.4 Å². The van der Waals surface area contributed by atoms with Gasteiger partial charge in [-0.25, -0.2) is 8.42 Å². The number of nitrogens with one attached hydrogen (secondary N) is 2. The number of fused-ring (bicyclic) bond motifs is 1. The second-order valence-electron chi connectivity index (χ2n) is 8.14. The first-order valence-corrected chi connectivity index (χ1v) is 12.2. The number of ether oxygens (including phenoxy) is 1. The van der Waals surface area contributed by atoms with Crippen LogP contribution in [0.25, 0.3) is 0 Å². The number of carbonyl (C=O) groups excluding carboxylic acids is 2. The highest BCUT2D eigenvalue weighted by molar-refractivity contribution is 7.89. The largest absolute Gasteiger partial charge is 0.478 e. The quantitative estimate of drug-likeness (QED) is 0.718. The summed E-state index contributed by atoms with van der Waals surface area (Å²) < 4.78 is 33.4. The predicted molar refractivity (Wildman–Crippen MR) is 121 cm³/mol. The van der Waals surface area contributed by atoms with E-state index in [4.69, 9.17) is 4.74 Å². The third kappa shape index (κ3) is 4.35. The zero-order valence-electron chi connectivity index (χ0n) is 18.1. The minimum Gasteiger partial charge on any atom is -0.478 e. The molecule has 2 N–H and O–H groups in total. The van der Waals surface area contributed by atoms with Gasteiger partial charge in [-0.3, -0.25) is 9.59 Å². The fourth-order valence-electron chi connectivity index (χ4n) is 4.01. The van der Waals surface area contributed by atoms with Gasteiger partial charge in [-0.2, -0.15) is 4.31 Å². The summed E-state index contributed by atoms with van der Waals surface area (Å²) in [5.41, 5.74) is 2.11. The Hall–Kier alpha value is -2.91. The predicted octanol–water partition coefficient (Wildman–Crippen LogP) is 3.14. The molecule has 2 amide bonds. The Morgan fingerprint density at radius 3 is 2.59 bits per heavy atom. The number of hydrogen-bond acceptors (Lipinski definition) is 5. The third-order valence-corrected chi connectivity index (χ3v) is 7.90. The number of aryl methyl sites for hydroxylation is 1. The van der Waals surface area contributed by atoms with Gasteiger partial charge in [-0.1, -0.05) is 25.1 Å². The molecule has 1 fully saturated rings. The number of para-hydroxylation sites is 1. The number of benzene rings is 2. The molecule has 32 heavy (non-hydrogen) atoms. The molecule has 2 aliphatic rings. The van der Waals surface area contributed by atoms with Crippen LogP contribution >= 0.6 is 0 Å². The number of amides is 2. The van der Waals surface area contributed by atoms with Crippen LogP contribution in [-0.2, 0) is 19.6 Å². The highest BCUT2D eigenvalue weighted by Gasteiger charge is 2.34. The molecule has 1 atom stereocenters. The lowest BCUT2D eigenvalue weighted by Crippen LogP contribution is -2.41. The van der Waals surface area contributed by atoms with E-state index in [1.54, 1.807) is 6.07 Å².